The van der Waals surface area contributed by atoms with Gasteiger partial charge in [-0.3, -0.25) is 5.32 Å². The minimum Gasteiger partial charge on any atom is -0.453 e. The molecule has 0 bridgehead atoms. The van der Waals surface area contributed by atoms with Gasteiger partial charge < -0.3 is 9.64 Å². The Morgan fingerprint density at radius 2 is 1.81 bits per heavy atom. The van der Waals surface area contributed by atoms with E-state index in [9.17, 15) is 9.18 Å². The predicted octanol–water partition coefficient (Wildman–Crippen LogP) is 4.68. The molecule has 0 aliphatic rings. The molecule has 0 atom stereocenters. The Balaban J connectivity index is 0.00000338. The van der Waals surface area contributed by atoms with Gasteiger partial charge in [0.2, 0.25) is 0 Å². The average Bonchev–Trinajstić information content (AvgIpc) is 2.59. The molecule has 0 saturated heterocycles. The first-order chi connectivity index (χ1) is 11.9. The third-order valence-corrected chi connectivity index (χ3v) is 3.86. The minimum atomic E-state index is -0.509. The van der Waals surface area contributed by atoms with Gasteiger partial charge in [-0.1, -0.05) is 18.1 Å². The molecule has 2 aromatic carbocycles. The molecule has 0 fully saturated rings. The van der Waals surface area contributed by atoms with Crippen LogP contribution in [0.15, 0.2) is 36.4 Å². The van der Waals surface area contributed by atoms with Crippen LogP contribution in [-0.2, 0) is 11.3 Å². The number of halogens is 2. The van der Waals surface area contributed by atoms with Gasteiger partial charge in [-0.2, -0.15) is 0 Å². The second kappa shape index (κ2) is 9.69. The van der Waals surface area contributed by atoms with E-state index in [1.54, 1.807) is 12.1 Å². The van der Waals surface area contributed by atoms with Crippen molar-refractivity contribution in [2.75, 3.05) is 23.9 Å². The SMILES string of the molecule is C#CCN(Cc1ccc(F)cc1)c1cc(C)c(NC(=O)OC)c(C)c1.Cl. The highest BCUT2D eigenvalue weighted by atomic mass is 35.5. The lowest BCUT2D eigenvalue weighted by molar-refractivity contribution is 0.187. The maximum Gasteiger partial charge on any atom is 0.411 e. The highest BCUT2D eigenvalue weighted by Crippen LogP contribution is 2.28. The van der Waals surface area contributed by atoms with Gasteiger partial charge in [-0.05, 0) is 54.8 Å². The zero-order valence-corrected chi connectivity index (χ0v) is 15.8. The molecule has 0 radical (unpaired) electrons. The fourth-order valence-electron chi connectivity index (χ4n) is 2.63. The van der Waals surface area contributed by atoms with E-state index >= 15 is 0 Å². The summed E-state index contributed by atoms with van der Waals surface area (Å²) >= 11 is 0. The van der Waals surface area contributed by atoms with Crippen molar-refractivity contribution in [2.24, 2.45) is 0 Å². The molecule has 0 aromatic heterocycles. The standard InChI is InChI=1S/C20H21FN2O2.ClH/c1-5-10-23(13-16-6-8-17(21)9-7-16)18-11-14(2)19(15(3)12-18)22-20(24)25-4;/h1,6-9,11-12H,10,13H2,2-4H3,(H,22,24);1H. The summed E-state index contributed by atoms with van der Waals surface area (Å²) in [5.41, 5.74) is 4.43. The topological polar surface area (TPSA) is 41.6 Å². The predicted molar refractivity (Wildman–Crippen MR) is 105 cm³/mol. The molecule has 2 aromatic rings. The summed E-state index contributed by atoms with van der Waals surface area (Å²) in [4.78, 5) is 13.5. The number of carbonyl (C=O) groups excluding carboxylic acids is 1. The van der Waals surface area contributed by atoms with Crippen molar-refractivity contribution in [1.82, 2.24) is 0 Å². The second-order valence-electron chi connectivity index (χ2n) is 5.76. The van der Waals surface area contributed by atoms with Crippen LogP contribution < -0.4 is 10.2 Å². The van der Waals surface area contributed by atoms with Gasteiger partial charge in [0.1, 0.15) is 5.82 Å². The van der Waals surface area contributed by atoms with Crippen LogP contribution in [0.1, 0.15) is 16.7 Å². The van der Waals surface area contributed by atoms with Crippen LogP contribution in [0.2, 0.25) is 0 Å². The first-order valence-corrected chi connectivity index (χ1v) is 7.83. The van der Waals surface area contributed by atoms with E-state index in [2.05, 4.69) is 16.0 Å². The molecule has 4 nitrogen and oxygen atoms in total. The van der Waals surface area contributed by atoms with Crippen LogP contribution in [0.4, 0.5) is 20.6 Å². The molecule has 138 valence electrons. The van der Waals surface area contributed by atoms with Crippen molar-refractivity contribution in [1.29, 1.82) is 0 Å². The van der Waals surface area contributed by atoms with E-state index in [1.165, 1.54) is 19.2 Å². The van der Waals surface area contributed by atoms with Crippen molar-refractivity contribution in [3.63, 3.8) is 0 Å². The molecule has 0 heterocycles. The number of carbonyl (C=O) groups is 1. The van der Waals surface area contributed by atoms with Crippen molar-refractivity contribution in [3.8, 4) is 12.3 Å². The minimum absolute atomic E-state index is 0. The molecule has 0 spiro atoms. The third-order valence-electron chi connectivity index (χ3n) is 3.86. The Bertz CT molecular complexity index is 777. The van der Waals surface area contributed by atoms with Gasteiger partial charge in [-0.15, -0.1) is 18.8 Å². The van der Waals surface area contributed by atoms with Crippen LogP contribution in [0, 0.1) is 32.0 Å². The smallest absolute Gasteiger partial charge is 0.411 e. The number of nitrogens with zero attached hydrogens (tertiary/aromatic N) is 1. The number of amides is 1. The largest absolute Gasteiger partial charge is 0.453 e. The summed E-state index contributed by atoms with van der Waals surface area (Å²) < 4.78 is 17.7. The normalized spacial score (nSPS) is 9.65. The fourth-order valence-corrected chi connectivity index (χ4v) is 2.63. The van der Waals surface area contributed by atoms with E-state index < -0.39 is 6.09 Å². The van der Waals surface area contributed by atoms with Gasteiger partial charge in [0.25, 0.3) is 0 Å². The lowest BCUT2D eigenvalue weighted by atomic mass is 10.1. The zero-order chi connectivity index (χ0) is 18.4. The number of aryl methyl sites for hydroxylation is 2. The molecule has 1 amide bonds. The molecule has 26 heavy (non-hydrogen) atoms. The zero-order valence-electron chi connectivity index (χ0n) is 15.0. The van der Waals surface area contributed by atoms with Crippen LogP contribution in [0.5, 0.6) is 0 Å². The first-order valence-electron chi connectivity index (χ1n) is 7.83. The van der Waals surface area contributed by atoms with E-state index in [-0.39, 0.29) is 18.2 Å². The van der Waals surface area contributed by atoms with Crippen LogP contribution >= 0.6 is 12.4 Å². The fraction of sp³-hybridized carbons (Fsp3) is 0.250. The molecular weight excluding hydrogens is 355 g/mol. The molecule has 6 heteroatoms. The first kappa shape index (κ1) is 21.3. The molecule has 0 unspecified atom stereocenters. The Labute approximate surface area is 159 Å². The van der Waals surface area contributed by atoms with E-state index in [0.717, 1.165) is 28.1 Å². The van der Waals surface area contributed by atoms with Crippen LogP contribution in [-0.4, -0.2) is 19.7 Å². The molecular formula is C20H22ClFN2O2. The Hall–Kier alpha value is -2.71. The van der Waals surface area contributed by atoms with Crippen molar-refractivity contribution in [2.45, 2.75) is 20.4 Å². The Morgan fingerprint density at radius 1 is 1.23 bits per heavy atom. The lowest BCUT2D eigenvalue weighted by Crippen LogP contribution is -2.23. The maximum atomic E-state index is 13.1. The Morgan fingerprint density at radius 3 is 2.31 bits per heavy atom. The van der Waals surface area contributed by atoms with Gasteiger partial charge in [0, 0.05) is 17.9 Å². The van der Waals surface area contributed by atoms with Gasteiger partial charge in [0.15, 0.2) is 0 Å². The second-order valence-corrected chi connectivity index (χ2v) is 5.76. The van der Waals surface area contributed by atoms with Crippen LogP contribution in [0.25, 0.3) is 0 Å². The lowest BCUT2D eigenvalue weighted by Gasteiger charge is -2.25. The van der Waals surface area contributed by atoms with Gasteiger partial charge in [-0.25, -0.2) is 9.18 Å². The number of anilines is 2. The van der Waals surface area contributed by atoms with Crippen molar-refractivity contribution < 1.29 is 13.9 Å². The molecule has 0 aliphatic heterocycles. The van der Waals surface area contributed by atoms with Crippen LogP contribution in [0.3, 0.4) is 0 Å². The van der Waals surface area contributed by atoms with E-state index in [1.807, 2.05) is 30.9 Å². The van der Waals surface area contributed by atoms with E-state index in [0.29, 0.717) is 13.1 Å². The number of benzene rings is 2. The molecule has 2 rings (SSSR count). The van der Waals surface area contributed by atoms with Gasteiger partial charge >= 0.3 is 6.09 Å². The summed E-state index contributed by atoms with van der Waals surface area (Å²) in [6.45, 7) is 4.80. The number of ether oxygens (including phenoxy) is 1. The highest BCUT2D eigenvalue weighted by molar-refractivity contribution is 5.87. The molecule has 0 saturated carbocycles. The summed E-state index contributed by atoms with van der Waals surface area (Å²) in [6, 6.07) is 10.3. The number of hydrogen-bond acceptors (Lipinski definition) is 3. The quantitative estimate of drug-likeness (QED) is 0.770. The summed E-state index contributed by atoms with van der Waals surface area (Å²) in [7, 11) is 1.33. The monoisotopic (exact) mass is 376 g/mol. The average molecular weight is 377 g/mol. The summed E-state index contributed by atoms with van der Waals surface area (Å²) in [5.74, 6) is 2.39. The highest BCUT2D eigenvalue weighted by Gasteiger charge is 2.13. The maximum absolute atomic E-state index is 13.1. The number of terminal acetylenes is 1. The van der Waals surface area contributed by atoms with Crippen molar-refractivity contribution >= 4 is 29.9 Å². The number of hydrogen-bond donors (Lipinski definition) is 1. The summed E-state index contributed by atoms with van der Waals surface area (Å²) in [6.07, 6.45) is 5.00. The third kappa shape index (κ3) is 5.40. The number of rotatable bonds is 5. The van der Waals surface area contributed by atoms with Crippen molar-refractivity contribution in [3.05, 3.63) is 58.9 Å². The number of nitrogens with one attached hydrogen (secondary N) is 1. The molecule has 1 N–H and O–H groups in total. The van der Waals surface area contributed by atoms with E-state index in [4.69, 9.17) is 6.42 Å². The van der Waals surface area contributed by atoms with Gasteiger partial charge in [0.05, 0.1) is 13.7 Å². The Kier molecular flexibility index (Phi) is 7.95. The summed E-state index contributed by atoms with van der Waals surface area (Å²) in [5, 5.41) is 2.72. The molecule has 0 aliphatic carbocycles. The number of methoxy groups -OCH3 is 1.